The van der Waals surface area contributed by atoms with Gasteiger partial charge in [0.15, 0.2) is 0 Å². The molecule has 0 fully saturated rings. The van der Waals surface area contributed by atoms with Gasteiger partial charge in [0.05, 0.1) is 7.11 Å². The van der Waals surface area contributed by atoms with Crippen LogP contribution in [0.3, 0.4) is 0 Å². The first-order chi connectivity index (χ1) is 6.19. The van der Waals surface area contributed by atoms with E-state index < -0.39 is 0 Å². The van der Waals surface area contributed by atoms with Gasteiger partial charge in [0, 0.05) is 5.56 Å². The average molecular weight is 170 g/mol. The molecule has 0 aromatic heterocycles. The molecule has 0 heterocycles. The minimum absolute atomic E-state index is 0.620. The molecule has 0 aliphatic heterocycles. The van der Waals surface area contributed by atoms with Crippen LogP contribution in [0.25, 0.3) is 11.8 Å². The van der Waals surface area contributed by atoms with E-state index in [0.29, 0.717) is 11.2 Å². The molecule has 0 spiro atoms. The Kier molecular flexibility index (Phi) is 2.96. The fourth-order valence-electron chi connectivity index (χ4n) is 1.11. The second-order valence-corrected chi connectivity index (χ2v) is 2.68. The molecule has 0 atom stereocenters. The van der Waals surface area contributed by atoms with Crippen LogP contribution in [0.4, 0.5) is 0 Å². The first kappa shape index (κ1) is 9.65. The monoisotopic (exact) mass is 170 g/mol. The van der Waals surface area contributed by atoms with Crippen LogP contribution in [0.5, 0.6) is 0 Å². The third-order valence-corrected chi connectivity index (χ3v) is 1.84. The van der Waals surface area contributed by atoms with Gasteiger partial charge in [-0.25, -0.2) is 0 Å². The van der Waals surface area contributed by atoms with Gasteiger partial charge in [0.25, 0.3) is 0 Å². The summed E-state index contributed by atoms with van der Waals surface area (Å²) in [5, 5.41) is 0. The van der Waals surface area contributed by atoms with Gasteiger partial charge in [-0.2, -0.15) is 0 Å². The topological polar surface area (TPSA) is 9.23 Å². The van der Waals surface area contributed by atoms with Gasteiger partial charge in [-0.3, -0.25) is 0 Å². The van der Waals surface area contributed by atoms with E-state index in [2.05, 4.69) is 13.2 Å². The highest BCUT2D eigenvalue weighted by Gasteiger charge is 2.02. The van der Waals surface area contributed by atoms with Crippen molar-refractivity contribution >= 4 is 25.1 Å². The summed E-state index contributed by atoms with van der Waals surface area (Å²) in [6.45, 7) is 7.47. The van der Waals surface area contributed by atoms with E-state index >= 15 is 0 Å². The molecule has 13 heavy (non-hydrogen) atoms. The fraction of sp³-hybridized carbons (Fsp3) is 0.0909. The second kappa shape index (κ2) is 3.99. The van der Waals surface area contributed by atoms with Crippen LogP contribution in [0.15, 0.2) is 31.4 Å². The lowest BCUT2D eigenvalue weighted by Crippen LogP contribution is -2.03. The first-order valence-corrected chi connectivity index (χ1v) is 3.94. The summed E-state index contributed by atoms with van der Waals surface area (Å²) in [4.78, 5) is 0. The van der Waals surface area contributed by atoms with Gasteiger partial charge in [0.2, 0.25) is 0 Å². The molecule has 0 aliphatic rings. The van der Waals surface area contributed by atoms with Crippen LogP contribution >= 0.6 is 0 Å². The predicted octanol–water partition coefficient (Wildman–Crippen LogP) is 1.74. The van der Waals surface area contributed by atoms with Crippen LogP contribution in [0.2, 0.25) is 0 Å². The number of benzene rings is 1. The molecule has 0 aliphatic carbocycles. The Labute approximate surface area is 80.1 Å². The minimum Gasteiger partial charge on any atom is -0.497 e. The maximum atomic E-state index is 5.63. The third-order valence-electron chi connectivity index (χ3n) is 1.84. The van der Waals surface area contributed by atoms with Gasteiger partial charge in [-0.05, 0) is 5.56 Å². The molecule has 0 unspecified atom stereocenters. The van der Waals surface area contributed by atoms with Crippen LogP contribution < -0.4 is 5.46 Å². The van der Waals surface area contributed by atoms with Crippen molar-refractivity contribution in [1.82, 2.24) is 0 Å². The van der Waals surface area contributed by atoms with Crippen molar-refractivity contribution in [2.75, 3.05) is 7.11 Å². The molecule has 0 saturated carbocycles. The second-order valence-electron chi connectivity index (χ2n) is 2.68. The molecule has 2 heteroatoms. The number of methoxy groups -OCH3 is 1. The molecule has 2 radical (unpaired) electrons. The maximum absolute atomic E-state index is 5.63. The zero-order chi connectivity index (χ0) is 9.84. The van der Waals surface area contributed by atoms with Gasteiger partial charge < -0.3 is 4.74 Å². The van der Waals surface area contributed by atoms with E-state index in [1.165, 1.54) is 0 Å². The van der Waals surface area contributed by atoms with E-state index in [0.717, 1.165) is 11.1 Å². The molecular formula is C11H11BO. The van der Waals surface area contributed by atoms with Gasteiger partial charge in [0.1, 0.15) is 13.6 Å². The fourth-order valence-corrected chi connectivity index (χ4v) is 1.11. The third kappa shape index (κ3) is 2.02. The molecule has 0 N–H and O–H groups in total. The minimum atomic E-state index is 0.620. The largest absolute Gasteiger partial charge is 0.497 e. The Morgan fingerprint density at radius 3 is 2.77 bits per heavy atom. The van der Waals surface area contributed by atoms with Gasteiger partial charge in [-0.1, -0.05) is 42.9 Å². The number of ether oxygens (including phenoxy) is 1. The molecule has 1 aromatic rings. The van der Waals surface area contributed by atoms with Crippen molar-refractivity contribution in [1.29, 1.82) is 0 Å². The van der Waals surface area contributed by atoms with Crippen molar-refractivity contribution in [3.05, 3.63) is 42.5 Å². The smallest absolute Gasteiger partial charge is 0.119 e. The summed E-state index contributed by atoms with van der Waals surface area (Å²) in [5.74, 6) is 0.620. The van der Waals surface area contributed by atoms with E-state index in [1.807, 2.05) is 18.2 Å². The SMILES string of the molecule is [B]c1ccc(C(=C)OC)c(C=C)c1. The van der Waals surface area contributed by atoms with Crippen molar-refractivity contribution in [2.24, 2.45) is 0 Å². The van der Waals surface area contributed by atoms with Crippen LogP contribution in [0, 0.1) is 0 Å². The number of rotatable bonds is 3. The summed E-state index contributed by atoms with van der Waals surface area (Å²) in [7, 11) is 7.22. The lowest BCUT2D eigenvalue weighted by atomic mass is 9.91. The Morgan fingerprint density at radius 1 is 1.54 bits per heavy atom. The van der Waals surface area contributed by atoms with Crippen molar-refractivity contribution in [3.8, 4) is 0 Å². The van der Waals surface area contributed by atoms with Crippen LogP contribution in [0.1, 0.15) is 11.1 Å². The zero-order valence-electron chi connectivity index (χ0n) is 7.71. The van der Waals surface area contributed by atoms with Crippen molar-refractivity contribution in [3.63, 3.8) is 0 Å². The van der Waals surface area contributed by atoms with Gasteiger partial charge in [-0.15, -0.1) is 0 Å². The number of hydrogen-bond donors (Lipinski definition) is 0. The van der Waals surface area contributed by atoms with Crippen LogP contribution in [-0.4, -0.2) is 15.0 Å². The highest BCUT2D eigenvalue weighted by atomic mass is 16.5. The van der Waals surface area contributed by atoms with Crippen molar-refractivity contribution in [2.45, 2.75) is 0 Å². The highest BCUT2D eigenvalue weighted by Crippen LogP contribution is 2.17. The van der Waals surface area contributed by atoms with E-state index in [1.54, 1.807) is 13.2 Å². The Hall–Kier alpha value is -1.44. The molecule has 64 valence electrons. The molecule has 0 bridgehead atoms. The quantitative estimate of drug-likeness (QED) is 0.495. The maximum Gasteiger partial charge on any atom is 0.119 e. The lowest BCUT2D eigenvalue weighted by molar-refractivity contribution is 0.371. The van der Waals surface area contributed by atoms with Crippen molar-refractivity contribution < 1.29 is 4.74 Å². The summed E-state index contributed by atoms with van der Waals surface area (Å²) in [5.41, 5.74) is 2.57. The van der Waals surface area contributed by atoms with Crippen LogP contribution in [-0.2, 0) is 4.74 Å². The molecule has 0 saturated heterocycles. The summed E-state index contributed by atoms with van der Waals surface area (Å²) in [6, 6.07) is 5.53. The molecule has 1 nitrogen and oxygen atoms in total. The highest BCUT2D eigenvalue weighted by molar-refractivity contribution is 6.32. The normalized spacial score (nSPS) is 9.31. The first-order valence-electron chi connectivity index (χ1n) is 3.94. The standard InChI is InChI=1S/C11H11BO/c1-4-9-7-10(12)5-6-11(9)8(2)13-3/h4-7H,1-2H2,3H3. The predicted molar refractivity (Wildman–Crippen MR) is 58.0 cm³/mol. The zero-order valence-corrected chi connectivity index (χ0v) is 7.71. The summed E-state index contributed by atoms with van der Waals surface area (Å²) >= 11 is 0. The summed E-state index contributed by atoms with van der Waals surface area (Å²) in [6.07, 6.45) is 1.73. The average Bonchev–Trinajstić information content (AvgIpc) is 2.16. The van der Waals surface area contributed by atoms with Gasteiger partial charge >= 0.3 is 0 Å². The van der Waals surface area contributed by atoms with E-state index in [9.17, 15) is 0 Å². The van der Waals surface area contributed by atoms with E-state index in [-0.39, 0.29) is 0 Å². The van der Waals surface area contributed by atoms with E-state index in [4.69, 9.17) is 12.6 Å². The Balaban J connectivity index is 3.20. The molecule has 1 aromatic carbocycles. The molecular weight excluding hydrogens is 159 g/mol. The Bertz CT molecular complexity index is 342. The molecule has 1 rings (SSSR count). The number of hydrogen-bond acceptors (Lipinski definition) is 1. The molecule has 0 amide bonds. The lowest BCUT2D eigenvalue weighted by Gasteiger charge is -2.08. The summed E-state index contributed by atoms with van der Waals surface area (Å²) < 4.78 is 5.04. The Morgan fingerprint density at radius 2 is 2.23 bits per heavy atom.